The number of hydrogen-bond acceptors (Lipinski definition) is 1. The van der Waals surface area contributed by atoms with Gasteiger partial charge < -0.3 is 15.2 Å². The van der Waals surface area contributed by atoms with Crippen molar-refractivity contribution in [1.29, 1.82) is 0 Å². The molecule has 1 aromatic heterocycles. The van der Waals surface area contributed by atoms with Gasteiger partial charge in [-0.15, -0.1) is 0 Å². The van der Waals surface area contributed by atoms with Crippen LogP contribution < -0.4 is 10.6 Å². The zero-order valence-corrected chi connectivity index (χ0v) is 8.97. The van der Waals surface area contributed by atoms with E-state index in [4.69, 9.17) is 0 Å². The van der Waals surface area contributed by atoms with Crippen molar-refractivity contribution in [3.8, 4) is 5.69 Å². The molecule has 2 aromatic rings. The maximum Gasteiger partial charge on any atom is 0.318 e. The first-order chi connectivity index (χ1) is 7.79. The third-order valence-corrected chi connectivity index (χ3v) is 2.23. The highest BCUT2D eigenvalue weighted by Gasteiger charge is 2.00. The van der Waals surface area contributed by atoms with Crippen LogP contribution in [0.15, 0.2) is 48.8 Å². The molecule has 1 heterocycles. The Hall–Kier alpha value is -2.23. The van der Waals surface area contributed by atoms with Gasteiger partial charge in [-0.1, -0.05) is 6.07 Å². The van der Waals surface area contributed by atoms with Crippen molar-refractivity contribution in [2.75, 3.05) is 12.4 Å². The maximum atomic E-state index is 11.1. The number of urea groups is 1. The molecule has 0 radical (unpaired) electrons. The molecule has 16 heavy (non-hydrogen) atoms. The van der Waals surface area contributed by atoms with Crippen molar-refractivity contribution in [1.82, 2.24) is 9.88 Å². The summed E-state index contributed by atoms with van der Waals surface area (Å²) in [6.45, 7) is 0. The molecule has 82 valence electrons. The van der Waals surface area contributed by atoms with Gasteiger partial charge in [0.1, 0.15) is 0 Å². The normalized spacial score (nSPS) is 9.81. The van der Waals surface area contributed by atoms with Gasteiger partial charge >= 0.3 is 6.03 Å². The summed E-state index contributed by atoms with van der Waals surface area (Å²) in [5.41, 5.74) is 1.78. The maximum absolute atomic E-state index is 11.1. The van der Waals surface area contributed by atoms with Gasteiger partial charge in [0.15, 0.2) is 0 Å². The second-order valence-corrected chi connectivity index (χ2v) is 3.34. The van der Waals surface area contributed by atoms with Gasteiger partial charge in [-0.3, -0.25) is 0 Å². The lowest BCUT2D eigenvalue weighted by Crippen LogP contribution is -2.24. The lowest BCUT2D eigenvalue weighted by atomic mass is 10.3. The van der Waals surface area contributed by atoms with Gasteiger partial charge in [0, 0.05) is 30.8 Å². The molecule has 0 bridgehead atoms. The van der Waals surface area contributed by atoms with Crippen LogP contribution in [0.5, 0.6) is 0 Å². The van der Waals surface area contributed by atoms with Crippen LogP contribution >= 0.6 is 0 Å². The highest BCUT2D eigenvalue weighted by molar-refractivity contribution is 5.89. The number of rotatable bonds is 2. The highest BCUT2D eigenvalue weighted by Crippen LogP contribution is 2.14. The third kappa shape index (κ3) is 2.23. The summed E-state index contributed by atoms with van der Waals surface area (Å²) in [7, 11) is 1.59. The standard InChI is InChI=1S/C12H13N3O/c1-13-12(16)14-10-5-4-6-11(9-10)15-7-2-3-8-15/h2-9H,1H3,(H2,13,14,16). The summed E-state index contributed by atoms with van der Waals surface area (Å²) < 4.78 is 1.98. The second-order valence-electron chi connectivity index (χ2n) is 3.34. The molecule has 0 atom stereocenters. The Balaban J connectivity index is 2.23. The van der Waals surface area contributed by atoms with E-state index in [0.717, 1.165) is 11.4 Å². The quantitative estimate of drug-likeness (QED) is 0.792. The van der Waals surface area contributed by atoms with Gasteiger partial charge in [-0.05, 0) is 30.3 Å². The monoisotopic (exact) mass is 215 g/mol. The average molecular weight is 215 g/mol. The van der Waals surface area contributed by atoms with Crippen LogP contribution in [0.1, 0.15) is 0 Å². The SMILES string of the molecule is CNC(=O)Nc1cccc(-n2cccc2)c1. The zero-order chi connectivity index (χ0) is 11.4. The van der Waals surface area contributed by atoms with Crippen LogP contribution in [0.25, 0.3) is 5.69 Å². The number of nitrogens with zero attached hydrogens (tertiary/aromatic N) is 1. The van der Waals surface area contributed by atoms with Crippen LogP contribution in [0.2, 0.25) is 0 Å². The van der Waals surface area contributed by atoms with Crippen LogP contribution in [0.4, 0.5) is 10.5 Å². The molecule has 0 aliphatic rings. The zero-order valence-electron chi connectivity index (χ0n) is 8.97. The van der Waals surface area contributed by atoms with E-state index in [1.165, 1.54) is 0 Å². The molecule has 0 fully saturated rings. The Morgan fingerprint density at radius 3 is 2.62 bits per heavy atom. The number of hydrogen-bond donors (Lipinski definition) is 2. The minimum atomic E-state index is -0.218. The summed E-state index contributed by atoms with van der Waals surface area (Å²) in [6, 6.07) is 11.3. The van der Waals surface area contributed by atoms with E-state index in [9.17, 15) is 4.79 Å². The molecule has 2 amide bonds. The first-order valence-corrected chi connectivity index (χ1v) is 5.02. The minimum Gasteiger partial charge on any atom is -0.341 e. The molecular weight excluding hydrogens is 202 g/mol. The van der Waals surface area contributed by atoms with Crippen molar-refractivity contribution in [3.63, 3.8) is 0 Å². The van der Waals surface area contributed by atoms with E-state index < -0.39 is 0 Å². The topological polar surface area (TPSA) is 46.1 Å². The molecule has 4 nitrogen and oxygen atoms in total. The van der Waals surface area contributed by atoms with Crippen LogP contribution in [0, 0.1) is 0 Å². The summed E-state index contributed by atoms with van der Waals surface area (Å²) >= 11 is 0. The van der Waals surface area contributed by atoms with E-state index in [1.54, 1.807) is 7.05 Å². The Labute approximate surface area is 93.9 Å². The van der Waals surface area contributed by atoms with Crippen molar-refractivity contribution >= 4 is 11.7 Å². The molecule has 0 saturated carbocycles. The molecule has 1 aromatic carbocycles. The molecule has 0 spiro atoms. The van der Waals surface area contributed by atoms with Crippen molar-refractivity contribution in [3.05, 3.63) is 48.8 Å². The summed E-state index contributed by atoms with van der Waals surface area (Å²) in [4.78, 5) is 11.1. The van der Waals surface area contributed by atoms with Crippen LogP contribution in [-0.4, -0.2) is 17.6 Å². The van der Waals surface area contributed by atoms with Crippen molar-refractivity contribution in [2.24, 2.45) is 0 Å². The minimum absolute atomic E-state index is 0.218. The van der Waals surface area contributed by atoms with Gasteiger partial charge in [-0.2, -0.15) is 0 Å². The first-order valence-electron chi connectivity index (χ1n) is 5.02. The van der Waals surface area contributed by atoms with E-state index >= 15 is 0 Å². The average Bonchev–Trinajstić information content (AvgIpc) is 2.83. The number of aromatic nitrogens is 1. The largest absolute Gasteiger partial charge is 0.341 e. The Morgan fingerprint density at radius 2 is 1.94 bits per heavy atom. The number of amides is 2. The fraction of sp³-hybridized carbons (Fsp3) is 0.0833. The molecule has 2 rings (SSSR count). The van der Waals surface area contributed by atoms with Crippen molar-refractivity contribution in [2.45, 2.75) is 0 Å². The van der Waals surface area contributed by atoms with Crippen LogP contribution in [0.3, 0.4) is 0 Å². The van der Waals surface area contributed by atoms with Gasteiger partial charge in [-0.25, -0.2) is 4.79 Å². The van der Waals surface area contributed by atoms with Crippen LogP contribution in [-0.2, 0) is 0 Å². The van der Waals surface area contributed by atoms with Crippen molar-refractivity contribution < 1.29 is 4.79 Å². The first kappa shape index (κ1) is 10.3. The van der Waals surface area contributed by atoms with E-state index in [-0.39, 0.29) is 6.03 Å². The number of carbonyl (C=O) groups is 1. The van der Waals surface area contributed by atoms with E-state index in [2.05, 4.69) is 10.6 Å². The van der Waals surface area contributed by atoms with Gasteiger partial charge in [0.2, 0.25) is 0 Å². The third-order valence-electron chi connectivity index (χ3n) is 2.23. The molecule has 0 aliphatic heterocycles. The van der Waals surface area contributed by atoms with E-state index in [0.29, 0.717) is 0 Å². The molecule has 0 saturated heterocycles. The van der Waals surface area contributed by atoms with Gasteiger partial charge in [0.25, 0.3) is 0 Å². The number of carbonyl (C=O) groups excluding carboxylic acids is 1. The summed E-state index contributed by atoms with van der Waals surface area (Å²) in [5.74, 6) is 0. The fourth-order valence-corrected chi connectivity index (χ4v) is 1.44. The Kier molecular flexibility index (Phi) is 2.91. The predicted octanol–water partition coefficient (Wildman–Crippen LogP) is 2.23. The second kappa shape index (κ2) is 4.53. The van der Waals surface area contributed by atoms with Gasteiger partial charge in [0.05, 0.1) is 0 Å². The Bertz CT molecular complexity index is 477. The predicted molar refractivity (Wildman–Crippen MR) is 63.8 cm³/mol. The lowest BCUT2D eigenvalue weighted by molar-refractivity contribution is 0.254. The molecule has 0 aliphatic carbocycles. The number of nitrogens with one attached hydrogen (secondary N) is 2. The fourth-order valence-electron chi connectivity index (χ4n) is 1.44. The Morgan fingerprint density at radius 1 is 1.19 bits per heavy atom. The molecule has 0 unspecified atom stereocenters. The lowest BCUT2D eigenvalue weighted by Gasteiger charge is -2.07. The molecule has 2 N–H and O–H groups in total. The summed E-state index contributed by atoms with van der Waals surface area (Å²) in [6.07, 6.45) is 3.91. The highest BCUT2D eigenvalue weighted by atomic mass is 16.2. The smallest absolute Gasteiger partial charge is 0.318 e. The number of benzene rings is 1. The summed E-state index contributed by atoms with van der Waals surface area (Å²) in [5, 5.41) is 5.24. The van der Waals surface area contributed by atoms with E-state index in [1.807, 2.05) is 53.4 Å². The molecule has 4 heteroatoms. The molecular formula is C12H13N3O. The number of anilines is 1.